The Bertz CT molecular complexity index is 747. The van der Waals surface area contributed by atoms with E-state index in [0.29, 0.717) is 6.42 Å². The molecule has 0 spiro atoms. The fourth-order valence-corrected chi connectivity index (χ4v) is 2.77. The summed E-state index contributed by atoms with van der Waals surface area (Å²) in [5.41, 5.74) is 4.17. The number of carbonyl (C=O) groups excluding carboxylic acids is 1. The van der Waals surface area contributed by atoms with Gasteiger partial charge in [0.2, 0.25) is 0 Å². The summed E-state index contributed by atoms with van der Waals surface area (Å²) in [7, 11) is 0. The smallest absolute Gasteiger partial charge is 0.350 e. The number of ether oxygens (including phenoxy) is 1. The lowest BCUT2D eigenvalue weighted by molar-refractivity contribution is -0.139. The second-order valence-electron chi connectivity index (χ2n) is 5.42. The van der Waals surface area contributed by atoms with Gasteiger partial charge in [-0.05, 0) is 36.1 Å². The fourth-order valence-electron chi connectivity index (χ4n) is 2.58. The summed E-state index contributed by atoms with van der Waals surface area (Å²) in [6.45, 7) is 2.05. The second kappa shape index (κ2) is 6.24. The Morgan fingerprint density at radius 3 is 2.59 bits per heavy atom. The molecule has 0 aromatic heterocycles. The van der Waals surface area contributed by atoms with Crippen molar-refractivity contribution >= 4 is 23.1 Å². The molecule has 0 fully saturated rings. The number of hydrogen-bond acceptors (Lipinski definition) is 3. The highest BCUT2D eigenvalue weighted by atomic mass is 32.1. The van der Waals surface area contributed by atoms with Crippen LogP contribution in [-0.4, -0.2) is 10.8 Å². The van der Waals surface area contributed by atoms with Gasteiger partial charge in [0, 0.05) is 0 Å². The summed E-state index contributed by atoms with van der Waals surface area (Å²) in [6, 6.07) is 17.9. The Morgan fingerprint density at radius 1 is 1.09 bits per heavy atom. The third kappa shape index (κ3) is 3.15. The van der Waals surface area contributed by atoms with Crippen molar-refractivity contribution in [2.75, 3.05) is 0 Å². The highest BCUT2D eigenvalue weighted by molar-refractivity contribution is 7.82. The third-order valence-electron chi connectivity index (χ3n) is 3.67. The molecule has 3 rings (SSSR count). The highest BCUT2D eigenvalue weighted by Crippen LogP contribution is 2.27. The second-order valence-corrected chi connectivity index (χ2v) is 5.83. The Hall–Kier alpha value is -2.26. The molecular weight excluding hydrogens is 292 g/mol. The third-order valence-corrected chi connectivity index (χ3v) is 4.10. The molecule has 1 heterocycles. The van der Waals surface area contributed by atoms with Gasteiger partial charge in [0.05, 0.1) is 0 Å². The molecule has 0 bridgehead atoms. The van der Waals surface area contributed by atoms with Gasteiger partial charge in [-0.25, -0.2) is 4.79 Å². The van der Waals surface area contributed by atoms with Crippen molar-refractivity contribution < 1.29 is 9.53 Å². The largest absolute Gasteiger partial charge is 0.449 e. The molecular formula is C19H16O2S. The minimum absolute atomic E-state index is 0.286. The number of hydrogen-bond donors (Lipinski definition) is 0. The van der Waals surface area contributed by atoms with Crippen LogP contribution >= 0.6 is 12.2 Å². The standard InChI is InChI=1S/C19H16O2S/c1-13-6-5-7-14(10-13)11-16-12-17(21-19(20)18(16)22)15-8-3-2-4-9-15/h2-10,12,17H,11H2,1H3. The summed E-state index contributed by atoms with van der Waals surface area (Å²) < 4.78 is 5.42. The number of esters is 1. The van der Waals surface area contributed by atoms with Gasteiger partial charge in [-0.15, -0.1) is 0 Å². The van der Waals surface area contributed by atoms with Crippen LogP contribution in [0.1, 0.15) is 22.8 Å². The Balaban J connectivity index is 1.91. The Kier molecular flexibility index (Phi) is 4.16. The van der Waals surface area contributed by atoms with E-state index in [0.717, 1.165) is 16.7 Å². The molecule has 0 saturated carbocycles. The quantitative estimate of drug-likeness (QED) is 0.630. The number of thiocarbonyl (C=S) groups is 1. The minimum Gasteiger partial charge on any atom is -0.449 e. The van der Waals surface area contributed by atoms with E-state index in [9.17, 15) is 4.79 Å². The summed E-state index contributed by atoms with van der Waals surface area (Å²) >= 11 is 5.24. The molecule has 1 unspecified atom stereocenters. The molecule has 0 N–H and O–H groups in total. The van der Waals surface area contributed by atoms with Crippen molar-refractivity contribution in [3.05, 3.63) is 82.9 Å². The SMILES string of the molecule is Cc1cccc(CC2=CC(c3ccccc3)OC(=O)C2=S)c1. The molecule has 0 radical (unpaired) electrons. The van der Waals surface area contributed by atoms with Crippen molar-refractivity contribution in [2.45, 2.75) is 19.4 Å². The lowest BCUT2D eigenvalue weighted by Crippen LogP contribution is -2.26. The van der Waals surface area contributed by atoms with Crippen LogP contribution in [0.25, 0.3) is 0 Å². The predicted octanol–water partition coefficient (Wildman–Crippen LogP) is 4.13. The zero-order valence-electron chi connectivity index (χ0n) is 12.3. The van der Waals surface area contributed by atoms with Gasteiger partial charge in [-0.3, -0.25) is 0 Å². The molecule has 22 heavy (non-hydrogen) atoms. The molecule has 0 aliphatic carbocycles. The number of aryl methyl sites for hydroxylation is 1. The van der Waals surface area contributed by atoms with E-state index >= 15 is 0 Å². The first-order valence-electron chi connectivity index (χ1n) is 7.20. The normalized spacial score (nSPS) is 17.9. The molecule has 2 nitrogen and oxygen atoms in total. The molecule has 0 amide bonds. The van der Waals surface area contributed by atoms with E-state index < -0.39 is 5.97 Å². The summed E-state index contributed by atoms with van der Waals surface area (Å²) in [4.78, 5) is 12.3. The van der Waals surface area contributed by atoms with Gasteiger partial charge in [0.25, 0.3) is 0 Å². The minimum atomic E-state index is -0.408. The van der Waals surface area contributed by atoms with E-state index in [1.807, 2.05) is 48.5 Å². The van der Waals surface area contributed by atoms with Crippen LogP contribution in [0, 0.1) is 6.92 Å². The average Bonchev–Trinajstić information content (AvgIpc) is 2.52. The molecule has 3 heteroatoms. The van der Waals surface area contributed by atoms with Crippen LogP contribution in [0.2, 0.25) is 0 Å². The van der Waals surface area contributed by atoms with Gasteiger partial charge in [-0.1, -0.05) is 72.4 Å². The topological polar surface area (TPSA) is 26.3 Å². The monoisotopic (exact) mass is 308 g/mol. The summed E-state index contributed by atoms with van der Waals surface area (Å²) in [5, 5.41) is 0. The van der Waals surface area contributed by atoms with E-state index in [2.05, 4.69) is 19.1 Å². The molecule has 2 aromatic carbocycles. The van der Waals surface area contributed by atoms with Crippen LogP contribution < -0.4 is 0 Å². The Labute approximate surface area is 135 Å². The molecule has 1 aliphatic rings. The van der Waals surface area contributed by atoms with Crippen molar-refractivity contribution in [1.82, 2.24) is 0 Å². The van der Waals surface area contributed by atoms with Crippen LogP contribution in [0.3, 0.4) is 0 Å². The van der Waals surface area contributed by atoms with Gasteiger partial charge in [0.15, 0.2) is 0 Å². The predicted molar refractivity (Wildman–Crippen MR) is 90.8 cm³/mol. The maximum atomic E-state index is 12.0. The molecule has 2 aromatic rings. The van der Waals surface area contributed by atoms with Crippen LogP contribution in [0.5, 0.6) is 0 Å². The lowest BCUT2D eigenvalue weighted by atomic mass is 9.96. The molecule has 0 saturated heterocycles. The van der Waals surface area contributed by atoms with E-state index in [1.54, 1.807) is 0 Å². The number of cyclic esters (lactones) is 1. The van der Waals surface area contributed by atoms with Gasteiger partial charge in [-0.2, -0.15) is 0 Å². The average molecular weight is 308 g/mol. The first-order chi connectivity index (χ1) is 10.6. The number of carbonyl (C=O) groups is 1. The van der Waals surface area contributed by atoms with Crippen LogP contribution in [-0.2, 0) is 16.0 Å². The van der Waals surface area contributed by atoms with Crippen molar-refractivity contribution in [2.24, 2.45) is 0 Å². The van der Waals surface area contributed by atoms with Gasteiger partial charge < -0.3 is 4.74 Å². The van der Waals surface area contributed by atoms with E-state index in [4.69, 9.17) is 17.0 Å². The van der Waals surface area contributed by atoms with Crippen LogP contribution in [0.4, 0.5) is 0 Å². The summed E-state index contributed by atoms with van der Waals surface area (Å²) in [5.74, 6) is -0.408. The van der Waals surface area contributed by atoms with Crippen molar-refractivity contribution in [3.63, 3.8) is 0 Å². The molecule has 1 atom stereocenters. The van der Waals surface area contributed by atoms with Crippen molar-refractivity contribution in [3.8, 4) is 0 Å². The fraction of sp³-hybridized carbons (Fsp3) is 0.158. The van der Waals surface area contributed by atoms with Gasteiger partial charge >= 0.3 is 5.97 Å². The maximum absolute atomic E-state index is 12.0. The van der Waals surface area contributed by atoms with Gasteiger partial charge in [0.1, 0.15) is 11.0 Å². The molecule has 1 aliphatic heterocycles. The van der Waals surface area contributed by atoms with E-state index in [1.165, 1.54) is 5.56 Å². The lowest BCUT2D eigenvalue weighted by Gasteiger charge is -2.22. The zero-order chi connectivity index (χ0) is 15.5. The zero-order valence-corrected chi connectivity index (χ0v) is 13.1. The van der Waals surface area contributed by atoms with Crippen molar-refractivity contribution in [1.29, 1.82) is 0 Å². The Morgan fingerprint density at radius 2 is 1.86 bits per heavy atom. The highest BCUT2D eigenvalue weighted by Gasteiger charge is 2.27. The number of benzene rings is 2. The molecule has 110 valence electrons. The maximum Gasteiger partial charge on any atom is 0.350 e. The van der Waals surface area contributed by atoms with Crippen LogP contribution in [0.15, 0.2) is 66.2 Å². The number of rotatable bonds is 3. The first-order valence-corrected chi connectivity index (χ1v) is 7.61. The van der Waals surface area contributed by atoms with E-state index in [-0.39, 0.29) is 11.0 Å². The first kappa shape index (κ1) is 14.7. The summed E-state index contributed by atoms with van der Waals surface area (Å²) in [6.07, 6.45) is 2.25.